The van der Waals surface area contributed by atoms with Gasteiger partial charge in [-0.3, -0.25) is 9.59 Å². The number of rotatable bonds is 9. The lowest BCUT2D eigenvalue weighted by Gasteiger charge is -2.18. The van der Waals surface area contributed by atoms with Crippen LogP contribution < -0.4 is 15.8 Å². The summed E-state index contributed by atoms with van der Waals surface area (Å²) in [6.07, 6.45) is 2.76. The van der Waals surface area contributed by atoms with Gasteiger partial charge >= 0.3 is 0 Å². The summed E-state index contributed by atoms with van der Waals surface area (Å²) >= 11 is 2.78. The first-order chi connectivity index (χ1) is 16.7. The number of benzene rings is 1. The molecule has 0 aliphatic heterocycles. The van der Waals surface area contributed by atoms with Crippen LogP contribution in [0, 0.1) is 19.8 Å². The van der Waals surface area contributed by atoms with E-state index in [1.54, 1.807) is 0 Å². The lowest BCUT2D eigenvalue weighted by molar-refractivity contribution is -0.113. The molecule has 1 aliphatic carbocycles. The predicted molar refractivity (Wildman–Crippen MR) is 139 cm³/mol. The maximum Gasteiger partial charge on any atom is 0.251 e. The summed E-state index contributed by atoms with van der Waals surface area (Å²) in [6, 6.07) is 6.08. The smallest absolute Gasteiger partial charge is 0.251 e. The summed E-state index contributed by atoms with van der Waals surface area (Å²) in [5.41, 5.74) is 9.41. The third-order valence-corrected chi connectivity index (χ3v) is 8.15. The molecule has 1 atom stereocenters. The molecule has 0 fully saturated rings. The van der Waals surface area contributed by atoms with E-state index in [0.29, 0.717) is 34.0 Å². The van der Waals surface area contributed by atoms with Crippen molar-refractivity contribution < 1.29 is 14.3 Å². The predicted octanol–water partition coefficient (Wildman–Crippen LogP) is 4.51. The molecule has 3 N–H and O–H groups in total. The Morgan fingerprint density at radius 2 is 2.00 bits per heavy atom. The van der Waals surface area contributed by atoms with E-state index >= 15 is 0 Å². The van der Waals surface area contributed by atoms with Crippen LogP contribution in [0.5, 0.6) is 5.75 Å². The monoisotopic (exact) mass is 513 g/mol. The first kappa shape index (κ1) is 25.2. The fourth-order valence-corrected chi connectivity index (χ4v) is 6.66. The summed E-state index contributed by atoms with van der Waals surface area (Å²) in [5, 5.41) is 12.7. The lowest BCUT2D eigenvalue weighted by Crippen LogP contribution is -2.20. The van der Waals surface area contributed by atoms with Crippen LogP contribution in [0.25, 0.3) is 0 Å². The number of carbonyl (C=O) groups excluding carboxylic acids is 2. The number of nitrogens with zero attached hydrogens (tertiary/aromatic N) is 3. The maximum absolute atomic E-state index is 12.8. The number of fused-ring (bicyclic) bond motifs is 1. The molecule has 1 unspecified atom stereocenters. The highest BCUT2D eigenvalue weighted by molar-refractivity contribution is 7.99. The number of nitrogens with two attached hydrogens (primary N) is 1. The number of anilines is 1. The highest BCUT2D eigenvalue weighted by Crippen LogP contribution is 2.39. The third-order valence-electron chi connectivity index (χ3n) is 6.02. The van der Waals surface area contributed by atoms with Gasteiger partial charge in [-0.1, -0.05) is 24.8 Å². The molecular formula is C25H31N5O3S2. The molecule has 2 heterocycles. The Balaban J connectivity index is 1.40. The molecular weight excluding hydrogens is 482 g/mol. The molecule has 3 aromatic rings. The van der Waals surface area contributed by atoms with Crippen LogP contribution in [0.15, 0.2) is 23.4 Å². The number of thioether (sulfide) groups is 1. The Morgan fingerprint density at radius 1 is 1.26 bits per heavy atom. The number of primary amides is 1. The molecule has 0 bridgehead atoms. The van der Waals surface area contributed by atoms with Crippen LogP contribution in [0.1, 0.15) is 58.0 Å². The van der Waals surface area contributed by atoms with Crippen molar-refractivity contribution in [3.05, 3.63) is 51.2 Å². The summed E-state index contributed by atoms with van der Waals surface area (Å²) in [4.78, 5) is 26.0. The Hall–Kier alpha value is -2.85. The largest absolute Gasteiger partial charge is 0.486 e. The number of aryl methyl sites for hydroxylation is 2. The number of aromatic nitrogens is 3. The van der Waals surface area contributed by atoms with E-state index in [0.717, 1.165) is 46.6 Å². The van der Waals surface area contributed by atoms with Crippen LogP contribution >= 0.6 is 23.1 Å². The molecule has 10 heteroatoms. The normalized spacial score (nSPS) is 15.0. The molecule has 2 aromatic heterocycles. The van der Waals surface area contributed by atoms with Crippen molar-refractivity contribution >= 4 is 39.9 Å². The van der Waals surface area contributed by atoms with E-state index in [2.05, 4.69) is 28.5 Å². The van der Waals surface area contributed by atoms with E-state index in [-0.39, 0.29) is 18.3 Å². The molecule has 35 heavy (non-hydrogen) atoms. The zero-order valence-electron chi connectivity index (χ0n) is 20.5. The molecule has 8 nitrogen and oxygen atoms in total. The quantitative estimate of drug-likeness (QED) is 0.407. The average Bonchev–Trinajstić information content (AvgIpc) is 3.35. The van der Waals surface area contributed by atoms with Gasteiger partial charge in [-0.05, 0) is 74.8 Å². The van der Waals surface area contributed by atoms with Crippen LogP contribution in [-0.4, -0.2) is 32.3 Å². The molecule has 0 spiro atoms. The Bertz CT molecular complexity index is 1230. The van der Waals surface area contributed by atoms with E-state index in [9.17, 15) is 9.59 Å². The zero-order valence-corrected chi connectivity index (χ0v) is 22.1. The van der Waals surface area contributed by atoms with Gasteiger partial charge in [0.25, 0.3) is 5.91 Å². The van der Waals surface area contributed by atoms with Crippen LogP contribution in [0.2, 0.25) is 0 Å². The van der Waals surface area contributed by atoms with Crippen LogP contribution in [0.4, 0.5) is 5.00 Å². The number of nitrogens with one attached hydrogen (secondary N) is 1. The minimum absolute atomic E-state index is 0.146. The average molecular weight is 514 g/mol. The van der Waals surface area contributed by atoms with Gasteiger partial charge in [-0.2, -0.15) is 0 Å². The summed E-state index contributed by atoms with van der Waals surface area (Å²) in [5.74, 6) is 1.51. The number of hydrogen-bond acceptors (Lipinski definition) is 7. The lowest BCUT2D eigenvalue weighted by atomic mass is 9.88. The fraction of sp³-hybridized carbons (Fsp3) is 0.440. The van der Waals surface area contributed by atoms with E-state index in [1.165, 1.54) is 23.1 Å². The number of hydrogen-bond donors (Lipinski definition) is 2. The van der Waals surface area contributed by atoms with Gasteiger partial charge in [0, 0.05) is 11.4 Å². The topological polar surface area (TPSA) is 112 Å². The molecule has 0 radical (unpaired) electrons. The van der Waals surface area contributed by atoms with Crippen LogP contribution in [-0.2, 0) is 30.8 Å². The highest BCUT2D eigenvalue weighted by Gasteiger charge is 2.27. The summed E-state index contributed by atoms with van der Waals surface area (Å²) in [7, 11) is 0. The fourth-order valence-electron chi connectivity index (χ4n) is 4.41. The minimum Gasteiger partial charge on any atom is -0.486 e. The molecule has 1 aromatic carbocycles. The number of amides is 2. The first-order valence-electron chi connectivity index (χ1n) is 11.7. The van der Waals surface area contributed by atoms with E-state index < -0.39 is 5.91 Å². The van der Waals surface area contributed by atoms with Crippen molar-refractivity contribution in [3.8, 4) is 5.75 Å². The van der Waals surface area contributed by atoms with Crippen molar-refractivity contribution in [1.29, 1.82) is 0 Å². The molecule has 2 amide bonds. The second-order valence-corrected chi connectivity index (χ2v) is 11.1. The van der Waals surface area contributed by atoms with E-state index in [4.69, 9.17) is 10.5 Å². The Kier molecular flexibility index (Phi) is 7.81. The third kappa shape index (κ3) is 5.87. The SMILES string of the molecule is CCn1c(COc2cc(C)cc(C)c2)nnc1SCC(=O)Nc1sc2c(c1C(N)=O)CCC(C)C2. The second kappa shape index (κ2) is 10.8. The number of thiophene rings is 1. The van der Waals surface area contributed by atoms with Crippen molar-refractivity contribution in [2.24, 2.45) is 11.7 Å². The van der Waals surface area contributed by atoms with Gasteiger partial charge < -0.3 is 20.4 Å². The van der Waals surface area contributed by atoms with Gasteiger partial charge in [0.1, 0.15) is 17.4 Å². The zero-order chi connectivity index (χ0) is 25.1. The molecule has 186 valence electrons. The van der Waals surface area contributed by atoms with Gasteiger partial charge in [0.05, 0.1) is 11.3 Å². The van der Waals surface area contributed by atoms with E-state index in [1.807, 2.05) is 37.5 Å². The van der Waals surface area contributed by atoms with Crippen molar-refractivity contribution in [2.75, 3.05) is 11.1 Å². The standard InChI is InChI=1S/C25H31N5O3S2/c1-5-30-20(12-33-17-9-15(3)8-16(4)10-17)28-29-25(30)34-13-21(31)27-24-22(23(26)32)18-7-6-14(2)11-19(18)35-24/h8-10,14H,5-7,11-13H2,1-4H3,(H2,26,32)(H,27,31). The molecule has 0 saturated heterocycles. The second-order valence-electron chi connectivity index (χ2n) is 9.01. The summed E-state index contributed by atoms with van der Waals surface area (Å²) < 4.78 is 7.89. The first-order valence-corrected chi connectivity index (χ1v) is 13.6. The highest BCUT2D eigenvalue weighted by atomic mass is 32.2. The number of carbonyl (C=O) groups is 2. The van der Waals surface area contributed by atoms with Gasteiger partial charge in [-0.15, -0.1) is 21.5 Å². The van der Waals surface area contributed by atoms with Crippen molar-refractivity contribution in [2.45, 2.75) is 65.3 Å². The minimum atomic E-state index is -0.487. The Labute approximate surface area is 213 Å². The van der Waals surface area contributed by atoms with Crippen molar-refractivity contribution in [1.82, 2.24) is 14.8 Å². The maximum atomic E-state index is 12.8. The summed E-state index contributed by atoms with van der Waals surface area (Å²) in [6.45, 7) is 9.22. The molecule has 4 rings (SSSR count). The van der Waals surface area contributed by atoms with Crippen molar-refractivity contribution in [3.63, 3.8) is 0 Å². The molecule has 1 aliphatic rings. The van der Waals surface area contributed by atoms with Gasteiger partial charge in [0.15, 0.2) is 11.0 Å². The molecule has 0 saturated carbocycles. The van der Waals surface area contributed by atoms with Gasteiger partial charge in [-0.25, -0.2) is 0 Å². The Morgan fingerprint density at radius 3 is 2.69 bits per heavy atom. The van der Waals surface area contributed by atoms with Gasteiger partial charge in [0.2, 0.25) is 5.91 Å². The van der Waals surface area contributed by atoms with Crippen LogP contribution in [0.3, 0.4) is 0 Å². The number of ether oxygens (including phenoxy) is 1.